The summed E-state index contributed by atoms with van der Waals surface area (Å²) in [7, 11) is 1.34. The van der Waals surface area contributed by atoms with Gasteiger partial charge in [-0.15, -0.1) is 0 Å². The number of carbonyl (C=O) groups excluding carboxylic acids is 2. The zero-order valence-corrected chi connectivity index (χ0v) is 15.6. The minimum atomic E-state index is -0.527. The molecule has 5 nitrogen and oxygen atoms in total. The number of rotatable bonds is 4. The highest BCUT2D eigenvalue weighted by atomic mass is 16.5. The number of esters is 2. The maximum Gasteiger partial charge on any atom is 0.337 e. The third-order valence-electron chi connectivity index (χ3n) is 4.23. The van der Waals surface area contributed by atoms with Crippen molar-refractivity contribution in [2.24, 2.45) is 0 Å². The minimum Gasteiger partial charge on any atom is -0.466 e. The number of aryl methyl sites for hydroxylation is 1. The van der Waals surface area contributed by atoms with Gasteiger partial charge in [0.15, 0.2) is 0 Å². The molecule has 0 fully saturated rings. The lowest BCUT2D eigenvalue weighted by Crippen LogP contribution is -2.33. The summed E-state index contributed by atoms with van der Waals surface area (Å²) in [5.74, 6) is -1.41. The van der Waals surface area contributed by atoms with E-state index in [0.717, 1.165) is 11.1 Å². The summed E-state index contributed by atoms with van der Waals surface area (Å²) in [6, 6.07) is 7.71. The quantitative estimate of drug-likeness (QED) is 0.849. The van der Waals surface area contributed by atoms with Crippen LogP contribution in [-0.2, 0) is 19.1 Å². The molecule has 1 aliphatic rings. The molecule has 1 N–H and O–H groups in total. The molecule has 1 aliphatic heterocycles. The van der Waals surface area contributed by atoms with E-state index in [1.807, 2.05) is 45.0 Å². The summed E-state index contributed by atoms with van der Waals surface area (Å²) >= 11 is 0. The molecule has 25 heavy (non-hydrogen) atoms. The minimum absolute atomic E-state index is 0.251. The number of ether oxygens (including phenoxy) is 2. The van der Waals surface area contributed by atoms with Crippen LogP contribution in [0, 0.1) is 6.92 Å². The lowest BCUT2D eigenvalue weighted by molar-refractivity contribution is -0.143. The van der Waals surface area contributed by atoms with E-state index in [9.17, 15) is 9.59 Å². The Bertz CT molecular complexity index is 759. The van der Waals surface area contributed by atoms with Gasteiger partial charge in [0.05, 0.1) is 30.3 Å². The Morgan fingerprint density at radius 2 is 1.56 bits per heavy atom. The second-order valence-electron chi connectivity index (χ2n) is 6.44. The Hall–Kier alpha value is -2.56. The van der Waals surface area contributed by atoms with Crippen LogP contribution in [0.1, 0.15) is 44.7 Å². The van der Waals surface area contributed by atoms with Gasteiger partial charge in [-0.1, -0.05) is 24.3 Å². The molecule has 0 saturated carbocycles. The molecule has 0 amide bonds. The average molecular weight is 343 g/mol. The highest BCUT2D eigenvalue weighted by Gasteiger charge is 2.38. The van der Waals surface area contributed by atoms with Gasteiger partial charge in [-0.2, -0.15) is 0 Å². The highest BCUT2D eigenvalue weighted by Crippen LogP contribution is 2.40. The van der Waals surface area contributed by atoms with Crippen molar-refractivity contribution in [1.29, 1.82) is 0 Å². The lowest BCUT2D eigenvalue weighted by Gasteiger charge is -2.31. The highest BCUT2D eigenvalue weighted by molar-refractivity contribution is 6.00. The average Bonchev–Trinajstić information content (AvgIpc) is 2.53. The molecule has 1 aromatic carbocycles. The number of carbonyl (C=O) groups is 2. The fourth-order valence-corrected chi connectivity index (χ4v) is 3.14. The predicted octanol–water partition coefficient (Wildman–Crippen LogP) is 3.35. The van der Waals surface area contributed by atoms with Crippen molar-refractivity contribution < 1.29 is 19.1 Å². The summed E-state index contributed by atoms with van der Waals surface area (Å²) in [5, 5.41) is 3.13. The Kier molecular flexibility index (Phi) is 5.67. The second kappa shape index (κ2) is 7.55. The van der Waals surface area contributed by atoms with E-state index in [0.29, 0.717) is 22.5 Å². The van der Waals surface area contributed by atoms with Gasteiger partial charge in [-0.3, -0.25) is 0 Å². The summed E-state index contributed by atoms with van der Waals surface area (Å²) in [5.41, 5.74) is 4.11. The largest absolute Gasteiger partial charge is 0.466 e. The van der Waals surface area contributed by atoms with Gasteiger partial charge >= 0.3 is 11.9 Å². The SMILES string of the molecule is COC(=O)C1=C(C)NC(C)=C(C(=O)OC(C)C)C1c1ccccc1C. The van der Waals surface area contributed by atoms with Crippen LogP contribution in [0.2, 0.25) is 0 Å². The number of methoxy groups -OCH3 is 1. The second-order valence-corrected chi connectivity index (χ2v) is 6.44. The standard InChI is InChI=1S/C20H25NO4/c1-11(2)25-20(23)17-14(5)21-13(4)16(19(22)24-6)18(17)15-10-8-7-9-12(15)3/h7-11,18,21H,1-6H3. The molecule has 5 heteroatoms. The fourth-order valence-electron chi connectivity index (χ4n) is 3.14. The predicted molar refractivity (Wildman–Crippen MR) is 95.7 cm³/mol. The van der Waals surface area contributed by atoms with Crippen molar-refractivity contribution in [3.63, 3.8) is 0 Å². The number of hydrogen-bond acceptors (Lipinski definition) is 5. The zero-order valence-electron chi connectivity index (χ0n) is 15.6. The Balaban J connectivity index is 2.68. The van der Waals surface area contributed by atoms with E-state index in [4.69, 9.17) is 9.47 Å². The normalized spacial score (nSPS) is 17.5. The van der Waals surface area contributed by atoms with Gasteiger partial charge in [0.2, 0.25) is 0 Å². The Morgan fingerprint density at radius 3 is 2.08 bits per heavy atom. The molecule has 0 bridgehead atoms. The molecule has 2 rings (SSSR count). The molecular formula is C20H25NO4. The zero-order chi connectivity index (χ0) is 18.7. The molecule has 0 saturated heterocycles. The van der Waals surface area contributed by atoms with Crippen LogP contribution < -0.4 is 5.32 Å². The summed E-state index contributed by atoms with van der Waals surface area (Å²) in [6.45, 7) is 9.19. The van der Waals surface area contributed by atoms with E-state index < -0.39 is 17.9 Å². The smallest absolute Gasteiger partial charge is 0.337 e. The van der Waals surface area contributed by atoms with Crippen molar-refractivity contribution >= 4 is 11.9 Å². The van der Waals surface area contributed by atoms with E-state index in [-0.39, 0.29) is 6.10 Å². The number of hydrogen-bond donors (Lipinski definition) is 1. The Morgan fingerprint density at radius 1 is 1.00 bits per heavy atom. The monoisotopic (exact) mass is 343 g/mol. The Labute approximate surface area is 148 Å². The van der Waals surface area contributed by atoms with Crippen LogP contribution >= 0.6 is 0 Å². The number of dihydropyridines is 1. The first-order valence-electron chi connectivity index (χ1n) is 8.31. The first-order chi connectivity index (χ1) is 11.8. The summed E-state index contributed by atoms with van der Waals surface area (Å²) in [4.78, 5) is 25.3. The maximum absolute atomic E-state index is 12.8. The number of nitrogens with one attached hydrogen (secondary N) is 1. The van der Waals surface area contributed by atoms with Gasteiger partial charge in [-0.05, 0) is 45.7 Å². The third kappa shape index (κ3) is 3.76. The van der Waals surface area contributed by atoms with Crippen LogP contribution in [0.4, 0.5) is 0 Å². The molecule has 0 aliphatic carbocycles. The van der Waals surface area contributed by atoms with Crippen LogP contribution in [0.3, 0.4) is 0 Å². The van der Waals surface area contributed by atoms with Gasteiger partial charge in [0.1, 0.15) is 0 Å². The first-order valence-corrected chi connectivity index (χ1v) is 8.31. The maximum atomic E-state index is 12.8. The van der Waals surface area contributed by atoms with Crippen molar-refractivity contribution in [1.82, 2.24) is 5.32 Å². The van der Waals surface area contributed by atoms with Gasteiger partial charge in [0, 0.05) is 11.4 Å². The summed E-state index contributed by atoms with van der Waals surface area (Å²) < 4.78 is 10.4. The fraction of sp³-hybridized carbons (Fsp3) is 0.400. The molecule has 0 spiro atoms. The van der Waals surface area contributed by atoms with Gasteiger partial charge in [0.25, 0.3) is 0 Å². The topological polar surface area (TPSA) is 64.6 Å². The van der Waals surface area contributed by atoms with E-state index in [1.54, 1.807) is 13.8 Å². The summed E-state index contributed by atoms with van der Waals surface area (Å²) in [6.07, 6.45) is -0.251. The van der Waals surface area contributed by atoms with Gasteiger partial charge in [-0.25, -0.2) is 9.59 Å². The molecular weight excluding hydrogens is 318 g/mol. The van der Waals surface area contributed by atoms with Crippen molar-refractivity contribution in [3.8, 4) is 0 Å². The molecule has 1 heterocycles. The van der Waals surface area contributed by atoms with E-state index in [1.165, 1.54) is 7.11 Å². The number of benzene rings is 1. The van der Waals surface area contributed by atoms with E-state index in [2.05, 4.69) is 5.32 Å². The van der Waals surface area contributed by atoms with Crippen molar-refractivity contribution in [3.05, 3.63) is 57.9 Å². The van der Waals surface area contributed by atoms with Crippen LogP contribution in [0.25, 0.3) is 0 Å². The number of allylic oxidation sites excluding steroid dienone is 2. The lowest BCUT2D eigenvalue weighted by atomic mass is 9.79. The van der Waals surface area contributed by atoms with Crippen LogP contribution in [0.5, 0.6) is 0 Å². The first kappa shape index (κ1) is 18.8. The van der Waals surface area contributed by atoms with Gasteiger partial charge < -0.3 is 14.8 Å². The van der Waals surface area contributed by atoms with Crippen molar-refractivity contribution in [2.45, 2.75) is 46.6 Å². The molecule has 0 radical (unpaired) electrons. The van der Waals surface area contributed by atoms with Crippen LogP contribution in [-0.4, -0.2) is 25.2 Å². The van der Waals surface area contributed by atoms with E-state index >= 15 is 0 Å². The third-order valence-corrected chi connectivity index (χ3v) is 4.23. The van der Waals surface area contributed by atoms with Crippen LogP contribution in [0.15, 0.2) is 46.8 Å². The molecule has 1 aromatic rings. The van der Waals surface area contributed by atoms with Crippen molar-refractivity contribution in [2.75, 3.05) is 7.11 Å². The molecule has 134 valence electrons. The molecule has 1 unspecified atom stereocenters. The molecule has 1 atom stereocenters. The molecule has 0 aromatic heterocycles.